The molecule has 0 radical (unpaired) electrons. The summed E-state index contributed by atoms with van der Waals surface area (Å²) < 4.78 is 18.3. The van der Waals surface area contributed by atoms with Gasteiger partial charge in [-0.3, -0.25) is 0 Å². The highest BCUT2D eigenvalue weighted by Crippen LogP contribution is 2.22. The Balaban J connectivity index is 2.37. The van der Waals surface area contributed by atoms with Gasteiger partial charge in [0.2, 0.25) is 11.9 Å². The molecule has 1 aromatic carbocycles. The average molecular weight is 277 g/mol. The molecule has 0 amide bonds. The van der Waals surface area contributed by atoms with Crippen molar-refractivity contribution < 1.29 is 9.13 Å². The van der Waals surface area contributed by atoms with Crippen LogP contribution < -0.4 is 15.0 Å². The summed E-state index contributed by atoms with van der Waals surface area (Å²) in [5, 5.41) is 3.00. The van der Waals surface area contributed by atoms with Gasteiger partial charge in [-0.1, -0.05) is 6.07 Å². The fourth-order valence-corrected chi connectivity index (χ4v) is 1.62. The molecular weight excluding hydrogens is 261 g/mol. The number of methoxy groups -OCH3 is 1. The van der Waals surface area contributed by atoms with Crippen molar-refractivity contribution in [3.8, 4) is 6.01 Å². The monoisotopic (exact) mass is 277 g/mol. The third kappa shape index (κ3) is 3.11. The lowest BCUT2D eigenvalue weighted by Crippen LogP contribution is -2.16. The Hall–Kier alpha value is -2.44. The summed E-state index contributed by atoms with van der Waals surface area (Å²) in [5.41, 5.74) is 0.640. The molecule has 2 rings (SSSR count). The Labute approximate surface area is 116 Å². The minimum Gasteiger partial charge on any atom is -0.467 e. The molecular formula is C13H16FN5O. The SMILES string of the molecule is CCNc1nc(OC)nc(N(C)c2cccc(F)c2)n1. The highest BCUT2D eigenvalue weighted by Gasteiger charge is 2.12. The number of halogens is 1. The van der Waals surface area contributed by atoms with Crippen LogP contribution in [0.25, 0.3) is 0 Å². The van der Waals surface area contributed by atoms with Gasteiger partial charge in [-0.25, -0.2) is 4.39 Å². The van der Waals surface area contributed by atoms with Gasteiger partial charge in [0.05, 0.1) is 7.11 Å². The molecule has 20 heavy (non-hydrogen) atoms. The first-order valence-electron chi connectivity index (χ1n) is 6.17. The standard InChI is InChI=1S/C13H16FN5O/c1-4-15-11-16-12(18-13(17-11)20-3)19(2)10-7-5-6-9(14)8-10/h5-8H,4H2,1-3H3,(H,15,16,17,18). The summed E-state index contributed by atoms with van der Waals surface area (Å²) in [6, 6.07) is 6.39. The minimum atomic E-state index is -0.317. The molecule has 7 heteroatoms. The number of benzene rings is 1. The zero-order valence-corrected chi connectivity index (χ0v) is 11.6. The van der Waals surface area contributed by atoms with Gasteiger partial charge in [0.15, 0.2) is 0 Å². The van der Waals surface area contributed by atoms with Crippen molar-refractivity contribution in [3.63, 3.8) is 0 Å². The maximum atomic E-state index is 13.3. The average Bonchev–Trinajstić information content (AvgIpc) is 2.46. The fraction of sp³-hybridized carbons (Fsp3) is 0.308. The molecule has 6 nitrogen and oxygen atoms in total. The maximum absolute atomic E-state index is 13.3. The van der Waals surface area contributed by atoms with E-state index in [9.17, 15) is 4.39 Å². The van der Waals surface area contributed by atoms with Crippen LogP contribution in [-0.2, 0) is 0 Å². The van der Waals surface area contributed by atoms with E-state index in [1.165, 1.54) is 19.2 Å². The van der Waals surface area contributed by atoms with Gasteiger partial charge < -0.3 is 15.0 Å². The molecule has 1 heterocycles. The summed E-state index contributed by atoms with van der Waals surface area (Å²) in [6.07, 6.45) is 0. The third-order valence-corrected chi connectivity index (χ3v) is 2.62. The second-order valence-electron chi connectivity index (χ2n) is 4.01. The lowest BCUT2D eigenvalue weighted by atomic mass is 10.3. The van der Waals surface area contributed by atoms with Gasteiger partial charge in [0.1, 0.15) is 5.82 Å². The van der Waals surface area contributed by atoms with Gasteiger partial charge in [-0.15, -0.1) is 0 Å². The van der Waals surface area contributed by atoms with Crippen molar-refractivity contribution in [2.45, 2.75) is 6.92 Å². The molecule has 0 aliphatic carbocycles. The number of nitrogens with zero attached hydrogens (tertiary/aromatic N) is 4. The van der Waals surface area contributed by atoms with E-state index >= 15 is 0 Å². The number of rotatable bonds is 5. The molecule has 1 N–H and O–H groups in total. The van der Waals surface area contributed by atoms with Crippen LogP contribution in [0.15, 0.2) is 24.3 Å². The van der Waals surface area contributed by atoms with Crippen LogP contribution in [0.5, 0.6) is 6.01 Å². The van der Waals surface area contributed by atoms with E-state index in [1.54, 1.807) is 24.1 Å². The summed E-state index contributed by atoms with van der Waals surface area (Å²) >= 11 is 0. The number of nitrogens with one attached hydrogen (secondary N) is 1. The minimum absolute atomic E-state index is 0.203. The molecule has 0 aliphatic heterocycles. The summed E-state index contributed by atoms with van der Waals surface area (Å²) in [5.74, 6) is 0.471. The Kier molecular flexibility index (Phi) is 4.29. The quantitative estimate of drug-likeness (QED) is 0.904. The molecule has 2 aromatic rings. The second-order valence-corrected chi connectivity index (χ2v) is 4.01. The zero-order chi connectivity index (χ0) is 14.5. The lowest BCUT2D eigenvalue weighted by Gasteiger charge is -2.18. The Morgan fingerprint density at radius 3 is 2.75 bits per heavy atom. The number of hydrogen-bond donors (Lipinski definition) is 1. The van der Waals surface area contributed by atoms with Crippen LogP contribution in [0.3, 0.4) is 0 Å². The molecule has 0 bridgehead atoms. The zero-order valence-electron chi connectivity index (χ0n) is 11.6. The van der Waals surface area contributed by atoms with Crippen LogP contribution in [0.1, 0.15) is 6.92 Å². The van der Waals surface area contributed by atoms with E-state index in [0.29, 0.717) is 24.1 Å². The van der Waals surface area contributed by atoms with E-state index in [1.807, 2.05) is 6.92 Å². The molecule has 0 fully saturated rings. The first kappa shape index (κ1) is 14.0. The van der Waals surface area contributed by atoms with Crippen molar-refractivity contribution in [2.24, 2.45) is 0 Å². The van der Waals surface area contributed by atoms with Gasteiger partial charge in [0.25, 0.3) is 0 Å². The van der Waals surface area contributed by atoms with Crippen molar-refractivity contribution in [3.05, 3.63) is 30.1 Å². The van der Waals surface area contributed by atoms with Crippen LogP contribution in [0.4, 0.5) is 22.0 Å². The Morgan fingerprint density at radius 2 is 2.10 bits per heavy atom. The van der Waals surface area contributed by atoms with E-state index in [2.05, 4.69) is 20.3 Å². The van der Waals surface area contributed by atoms with Crippen LogP contribution in [0.2, 0.25) is 0 Å². The van der Waals surface area contributed by atoms with Crippen molar-refractivity contribution in [2.75, 3.05) is 30.9 Å². The van der Waals surface area contributed by atoms with Gasteiger partial charge in [-0.2, -0.15) is 15.0 Å². The van der Waals surface area contributed by atoms with Crippen molar-refractivity contribution in [1.29, 1.82) is 0 Å². The second kappa shape index (κ2) is 6.14. The summed E-state index contributed by atoms with van der Waals surface area (Å²) in [6.45, 7) is 2.61. The third-order valence-electron chi connectivity index (χ3n) is 2.62. The largest absolute Gasteiger partial charge is 0.467 e. The highest BCUT2D eigenvalue weighted by atomic mass is 19.1. The molecule has 0 spiro atoms. The highest BCUT2D eigenvalue weighted by molar-refractivity contribution is 5.57. The lowest BCUT2D eigenvalue weighted by molar-refractivity contribution is 0.379. The molecule has 0 unspecified atom stereocenters. The predicted molar refractivity (Wildman–Crippen MR) is 75.0 cm³/mol. The number of ether oxygens (including phenoxy) is 1. The van der Waals surface area contributed by atoms with E-state index in [4.69, 9.17) is 4.74 Å². The Morgan fingerprint density at radius 1 is 1.30 bits per heavy atom. The maximum Gasteiger partial charge on any atom is 0.322 e. The van der Waals surface area contributed by atoms with Crippen LogP contribution >= 0.6 is 0 Å². The first-order valence-corrected chi connectivity index (χ1v) is 6.17. The van der Waals surface area contributed by atoms with E-state index in [-0.39, 0.29) is 11.8 Å². The smallest absolute Gasteiger partial charge is 0.322 e. The molecule has 0 aliphatic rings. The molecule has 0 saturated heterocycles. The van der Waals surface area contributed by atoms with E-state index < -0.39 is 0 Å². The Bertz CT molecular complexity index is 593. The molecule has 0 saturated carbocycles. The predicted octanol–water partition coefficient (Wildman–Crippen LogP) is 2.22. The summed E-state index contributed by atoms with van der Waals surface area (Å²) in [7, 11) is 3.23. The topological polar surface area (TPSA) is 63.2 Å². The van der Waals surface area contributed by atoms with Gasteiger partial charge in [-0.05, 0) is 25.1 Å². The number of anilines is 3. The van der Waals surface area contributed by atoms with E-state index in [0.717, 1.165) is 0 Å². The first-order chi connectivity index (χ1) is 9.63. The fourth-order valence-electron chi connectivity index (χ4n) is 1.62. The summed E-state index contributed by atoms with van der Waals surface area (Å²) in [4.78, 5) is 14.2. The number of hydrogen-bond acceptors (Lipinski definition) is 6. The van der Waals surface area contributed by atoms with Crippen molar-refractivity contribution >= 4 is 17.6 Å². The van der Waals surface area contributed by atoms with Crippen LogP contribution in [-0.4, -0.2) is 35.7 Å². The molecule has 1 aromatic heterocycles. The van der Waals surface area contributed by atoms with Gasteiger partial charge in [0, 0.05) is 19.3 Å². The van der Waals surface area contributed by atoms with Crippen LogP contribution in [0, 0.1) is 5.82 Å². The molecule has 106 valence electrons. The normalized spacial score (nSPS) is 10.2. The number of aromatic nitrogens is 3. The van der Waals surface area contributed by atoms with Gasteiger partial charge >= 0.3 is 6.01 Å². The molecule has 0 atom stereocenters. The van der Waals surface area contributed by atoms with Crippen molar-refractivity contribution in [1.82, 2.24) is 15.0 Å².